The van der Waals surface area contributed by atoms with E-state index >= 15 is 0 Å². The Bertz CT molecular complexity index is 1250. The van der Waals surface area contributed by atoms with Crippen LogP contribution in [-0.4, -0.2) is 27.5 Å². The summed E-state index contributed by atoms with van der Waals surface area (Å²) < 4.78 is 12.6. The molecule has 2 aromatic carbocycles. The third-order valence-electron chi connectivity index (χ3n) is 5.00. The molecule has 150 valence electrons. The molecular weight excluding hydrogens is 380 g/mol. The number of pyridine rings is 1. The van der Waals surface area contributed by atoms with Crippen LogP contribution in [0.1, 0.15) is 30.2 Å². The fraction of sp³-hybridized carbons (Fsp3) is 0.174. The van der Waals surface area contributed by atoms with Crippen LogP contribution in [-0.2, 0) is 0 Å². The van der Waals surface area contributed by atoms with Crippen LogP contribution >= 0.6 is 0 Å². The Morgan fingerprint density at radius 1 is 1.07 bits per heavy atom. The zero-order valence-electron chi connectivity index (χ0n) is 16.6. The number of hydrogen-bond acceptors (Lipinski definition) is 5. The molecule has 0 fully saturated rings. The van der Waals surface area contributed by atoms with Crippen LogP contribution in [0.3, 0.4) is 0 Å². The van der Waals surface area contributed by atoms with E-state index in [-0.39, 0.29) is 18.7 Å². The Morgan fingerprint density at radius 2 is 1.87 bits per heavy atom. The highest BCUT2D eigenvalue weighted by atomic mass is 16.7. The molecule has 2 aromatic heterocycles. The van der Waals surface area contributed by atoms with Crippen molar-refractivity contribution >= 4 is 22.6 Å². The SMILES string of the molecule is CC(C)n1ncc2c(C(=O)Nc3ccc4c(c3)OCO4)cc(-c3ccccc3)nc21. The molecule has 5 rings (SSSR count). The molecule has 0 saturated carbocycles. The molecule has 7 nitrogen and oxygen atoms in total. The molecule has 1 aliphatic rings. The van der Waals surface area contributed by atoms with Crippen LogP contribution in [0.2, 0.25) is 0 Å². The summed E-state index contributed by atoms with van der Waals surface area (Å²) in [4.78, 5) is 18.1. The first-order valence-electron chi connectivity index (χ1n) is 9.75. The van der Waals surface area contributed by atoms with Crippen LogP contribution in [0.5, 0.6) is 11.5 Å². The Kier molecular flexibility index (Phi) is 4.35. The van der Waals surface area contributed by atoms with Gasteiger partial charge in [0.05, 0.1) is 22.8 Å². The van der Waals surface area contributed by atoms with Crippen LogP contribution in [0.4, 0.5) is 5.69 Å². The zero-order chi connectivity index (χ0) is 20.7. The number of ether oxygens (including phenoxy) is 2. The minimum atomic E-state index is -0.234. The van der Waals surface area contributed by atoms with Crippen molar-refractivity contribution < 1.29 is 14.3 Å². The molecule has 7 heteroatoms. The lowest BCUT2D eigenvalue weighted by molar-refractivity contribution is 0.102. The lowest BCUT2D eigenvalue weighted by Gasteiger charge is -2.11. The molecule has 30 heavy (non-hydrogen) atoms. The van der Waals surface area contributed by atoms with Gasteiger partial charge in [-0.1, -0.05) is 30.3 Å². The number of nitrogens with one attached hydrogen (secondary N) is 1. The van der Waals surface area contributed by atoms with Crippen molar-refractivity contribution in [3.63, 3.8) is 0 Å². The number of rotatable bonds is 4. The smallest absolute Gasteiger partial charge is 0.256 e. The van der Waals surface area contributed by atoms with Crippen molar-refractivity contribution in [2.24, 2.45) is 0 Å². The van der Waals surface area contributed by atoms with E-state index in [0.29, 0.717) is 33.8 Å². The summed E-state index contributed by atoms with van der Waals surface area (Å²) >= 11 is 0. The van der Waals surface area contributed by atoms with Crippen molar-refractivity contribution in [1.82, 2.24) is 14.8 Å². The molecule has 0 atom stereocenters. The van der Waals surface area contributed by atoms with Gasteiger partial charge < -0.3 is 14.8 Å². The summed E-state index contributed by atoms with van der Waals surface area (Å²) in [6.45, 7) is 4.26. The number of amides is 1. The van der Waals surface area contributed by atoms with Crippen LogP contribution in [0.15, 0.2) is 60.8 Å². The van der Waals surface area contributed by atoms with Crippen LogP contribution in [0.25, 0.3) is 22.3 Å². The van der Waals surface area contributed by atoms with Gasteiger partial charge in [-0.3, -0.25) is 4.79 Å². The van der Waals surface area contributed by atoms with Gasteiger partial charge in [0, 0.05) is 23.4 Å². The maximum Gasteiger partial charge on any atom is 0.256 e. The lowest BCUT2D eigenvalue weighted by atomic mass is 10.1. The van der Waals surface area contributed by atoms with Gasteiger partial charge in [0.25, 0.3) is 5.91 Å². The van der Waals surface area contributed by atoms with E-state index in [4.69, 9.17) is 14.5 Å². The molecule has 1 N–H and O–H groups in total. The van der Waals surface area contributed by atoms with E-state index in [9.17, 15) is 4.79 Å². The first-order valence-corrected chi connectivity index (χ1v) is 9.75. The fourth-order valence-corrected chi connectivity index (χ4v) is 3.51. The number of fused-ring (bicyclic) bond motifs is 2. The number of carbonyl (C=O) groups is 1. The van der Waals surface area contributed by atoms with E-state index in [0.717, 1.165) is 11.3 Å². The Morgan fingerprint density at radius 3 is 2.67 bits per heavy atom. The highest BCUT2D eigenvalue weighted by Crippen LogP contribution is 2.34. The average molecular weight is 400 g/mol. The topological polar surface area (TPSA) is 78.3 Å². The molecule has 1 amide bonds. The first kappa shape index (κ1) is 18.2. The second kappa shape index (κ2) is 7.18. The number of benzene rings is 2. The first-order chi connectivity index (χ1) is 14.6. The van der Waals surface area contributed by atoms with E-state index in [1.165, 1.54) is 0 Å². The molecule has 0 spiro atoms. The number of anilines is 1. The number of aromatic nitrogens is 3. The van der Waals surface area contributed by atoms with E-state index < -0.39 is 0 Å². The quantitative estimate of drug-likeness (QED) is 0.539. The molecular formula is C23H20N4O3. The minimum absolute atomic E-state index is 0.116. The largest absolute Gasteiger partial charge is 0.454 e. The van der Waals surface area contributed by atoms with E-state index in [1.807, 2.05) is 54.9 Å². The third kappa shape index (κ3) is 3.14. The van der Waals surface area contributed by atoms with Crippen LogP contribution < -0.4 is 14.8 Å². The molecule has 4 aromatic rings. The van der Waals surface area contributed by atoms with Gasteiger partial charge >= 0.3 is 0 Å². The van der Waals surface area contributed by atoms with Crippen molar-refractivity contribution in [2.75, 3.05) is 12.1 Å². The highest BCUT2D eigenvalue weighted by molar-refractivity contribution is 6.12. The Balaban J connectivity index is 1.59. The van der Waals surface area contributed by atoms with Gasteiger partial charge in [0.1, 0.15) is 0 Å². The summed E-state index contributed by atoms with van der Waals surface area (Å²) in [6, 6.07) is 17.1. The van der Waals surface area contributed by atoms with Crippen molar-refractivity contribution in [2.45, 2.75) is 19.9 Å². The predicted octanol–water partition coefficient (Wildman–Crippen LogP) is 4.66. The highest BCUT2D eigenvalue weighted by Gasteiger charge is 2.20. The average Bonchev–Trinajstić information content (AvgIpc) is 3.40. The number of hydrogen-bond donors (Lipinski definition) is 1. The maximum atomic E-state index is 13.2. The molecule has 0 bridgehead atoms. The Labute approximate surface area is 173 Å². The third-order valence-corrected chi connectivity index (χ3v) is 5.00. The standard InChI is InChI=1S/C23H20N4O3/c1-14(2)27-22-18(12-24-27)17(11-19(26-22)15-6-4-3-5-7-15)23(28)25-16-8-9-20-21(10-16)30-13-29-20/h3-12,14H,13H2,1-2H3,(H,25,28). The molecule has 0 radical (unpaired) electrons. The predicted molar refractivity (Wildman–Crippen MR) is 114 cm³/mol. The van der Waals surface area contributed by atoms with Gasteiger partial charge in [-0.15, -0.1) is 0 Å². The van der Waals surface area contributed by atoms with Crippen LogP contribution in [0, 0.1) is 0 Å². The van der Waals surface area contributed by atoms with Gasteiger partial charge in [-0.25, -0.2) is 9.67 Å². The zero-order valence-corrected chi connectivity index (χ0v) is 16.6. The monoisotopic (exact) mass is 400 g/mol. The van der Waals surface area contributed by atoms with E-state index in [2.05, 4.69) is 10.4 Å². The van der Waals surface area contributed by atoms with Crippen molar-refractivity contribution in [3.8, 4) is 22.8 Å². The number of carbonyl (C=O) groups excluding carboxylic acids is 1. The van der Waals surface area contributed by atoms with Gasteiger partial charge in [0.15, 0.2) is 17.1 Å². The molecule has 1 aliphatic heterocycles. The van der Waals surface area contributed by atoms with E-state index in [1.54, 1.807) is 24.4 Å². The molecule has 0 aliphatic carbocycles. The summed E-state index contributed by atoms with van der Waals surface area (Å²) in [5.41, 5.74) is 3.49. The second-order valence-electron chi connectivity index (χ2n) is 7.36. The van der Waals surface area contributed by atoms with Gasteiger partial charge in [0.2, 0.25) is 6.79 Å². The summed E-state index contributed by atoms with van der Waals surface area (Å²) in [5, 5.41) is 8.13. The summed E-state index contributed by atoms with van der Waals surface area (Å²) in [7, 11) is 0. The minimum Gasteiger partial charge on any atom is -0.454 e. The number of nitrogens with zero attached hydrogens (tertiary/aromatic N) is 3. The summed E-state index contributed by atoms with van der Waals surface area (Å²) in [6.07, 6.45) is 1.70. The maximum absolute atomic E-state index is 13.2. The second-order valence-corrected chi connectivity index (χ2v) is 7.36. The van der Waals surface area contributed by atoms with Crippen molar-refractivity contribution in [3.05, 3.63) is 66.4 Å². The lowest BCUT2D eigenvalue weighted by Crippen LogP contribution is -2.13. The van der Waals surface area contributed by atoms with Gasteiger partial charge in [-0.05, 0) is 32.0 Å². The fourth-order valence-electron chi connectivity index (χ4n) is 3.51. The molecule has 3 heterocycles. The normalized spacial score (nSPS) is 12.5. The van der Waals surface area contributed by atoms with Gasteiger partial charge in [-0.2, -0.15) is 5.10 Å². The Hall–Kier alpha value is -3.87. The molecule has 0 unspecified atom stereocenters. The molecule has 0 saturated heterocycles. The summed E-state index contributed by atoms with van der Waals surface area (Å²) in [5.74, 6) is 1.05. The van der Waals surface area contributed by atoms with Crippen molar-refractivity contribution in [1.29, 1.82) is 0 Å².